The lowest BCUT2D eigenvalue weighted by molar-refractivity contribution is 0.0993. The minimum Gasteiger partial charge on any atom is -0.333 e. The molecule has 3 heterocycles. The fraction of sp³-hybridized carbons (Fsp3) is 0.143. The quantitative estimate of drug-likeness (QED) is 0.297. The summed E-state index contributed by atoms with van der Waals surface area (Å²) in [6.45, 7) is 4.85. The van der Waals surface area contributed by atoms with Gasteiger partial charge < -0.3 is 4.57 Å². The molecule has 0 radical (unpaired) electrons. The number of carbonyl (C=O) groups is 1. The standard InChI is InChI=1S/C28H23N5O/c1-20-3-5-24(15-23(20)7-8-26-16-31-28-17-29-10-12-33(26)28)27(34)14-22-4-6-25(21(2)13-22)18-32-11-9-30-19-32/h3-6,9-13,15-17,19H,14,18H2,1-2H3. The molecule has 0 N–H and O–H groups in total. The van der Waals surface area contributed by atoms with E-state index < -0.39 is 0 Å². The Morgan fingerprint density at radius 3 is 2.65 bits per heavy atom. The lowest BCUT2D eigenvalue weighted by Crippen LogP contribution is -2.06. The Morgan fingerprint density at radius 1 is 0.941 bits per heavy atom. The summed E-state index contributed by atoms with van der Waals surface area (Å²) in [5, 5.41) is 0. The van der Waals surface area contributed by atoms with Gasteiger partial charge in [0, 0.05) is 48.9 Å². The third-order valence-corrected chi connectivity index (χ3v) is 5.89. The first-order chi connectivity index (χ1) is 16.6. The van der Waals surface area contributed by atoms with E-state index >= 15 is 0 Å². The Labute approximate surface area is 198 Å². The van der Waals surface area contributed by atoms with Gasteiger partial charge in [-0.15, -0.1) is 0 Å². The molecule has 0 amide bonds. The third kappa shape index (κ3) is 4.50. The zero-order valence-corrected chi connectivity index (χ0v) is 19.1. The maximum Gasteiger partial charge on any atom is 0.167 e. The van der Waals surface area contributed by atoms with Gasteiger partial charge in [-0.2, -0.15) is 0 Å². The topological polar surface area (TPSA) is 65.1 Å². The first kappa shape index (κ1) is 21.4. The Bertz CT molecular complexity index is 1550. The van der Waals surface area contributed by atoms with Gasteiger partial charge in [0.15, 0.2) is 11.4 Å². The Hall–Kier alpha value is -4.50. The molecule has 166 valence electrons. The van der Waals surface area contributed by atoms with E-state index in [0.29, 0.717) is 12.0 Å². The van der Waals surface area contributed by atoms with Crippen molar-refractivity contribution in [3.8, 4) is 11.8 Å². The molecule has 6 heteroatoms. The number of fused-ring (bicyclic) bond motifs is 1. The molecular weight excluding hydrogens is 422 g/mol. The van der Waals surface area contributed by atoms with Gasteiger partial charge in [-0.3, -0.25) is 14.2 Å². The minimum absolute atomic E-state index is 0.0747. The van der Waals surface area contributed by atoms with E-state index in [-0.39, 0.29) is 5.78 Å². The van der Waals surface area contributed by atoms with Crippen molar-refractivity contribution in [3.05, 3.63) is 119 Å². The number of carbonyl (C=O) groups excluding carboxylic acids is 1. The van der Waals surface area contributed by atoms with E-state index in [0.717, 1.165) is 40.1 Å². The van der Waals surface area contributed by atoms with Crippen LogP contribution in [0.5, 0.6) is 0 Å². The summed E-state index contributed by atoms with van der Waals surface area (Å²) >= 11 is 0. The van der Waals surface area contributed by atoms with Gasteiger partial charge in [-0.1, -0.05) is 36.3 Å². The van der Waals surface area contributed by atoms with Crippen LogP contribution < -0.4 is 0 Å². The minimum atomic E-state index is 0.0747. The molecular formula is C28H23N5O. The van der Waals surface area contributed by atoms with Crippen molar-refractivity contribution in [1.29, 1.82) is 0 Å². The van der Waals surface area contributed by atoms with Gasteiger partial charge in [-0.05, 0) is 48.1 Å². The zero-order valence-electron chi connectivity index (χ0n) is 19.1. The number of benzene rings is 2. The van der Waals surface area contributed by atoms with E-state index in [1.165, 1.54) is 5.56 Å². The van der Waals surface area contributed by atoms with E-state index in [4.69, 9.17) is 0 Å². The SMILES string of the molecule is Cc1ccc(C(=O)Cc2ccc(Cn3ccnc3)c(C)c2)cc1C#Cc1cnc2cnccn12. The maximum atomic E-state index is 13.1. The molecule has 0 saturated heterocycles. The molecule has 0 unspecified atom stereocenters. The largest absolute Gasteiger partial charge is 0.333 e. The smallest absolute Gasteiger partial charge is 0.167 e. The molecule has 0 aliphatic rings. The molecule has 6 nitrogen and oxygen atoms in total. The van der Waals surface area contributed by atoms with Gasteiger partial charge in [0.05, 0.1) is 18.7 Å². The summed E-state index contributed by atoms with van der Waals surface area (Å²) < 4.78 is 3.93. The fourth-order valence-electron chi connectivity index (χ4n) is 3.91. The first-order valence-electron chi connectivity index (χ1n) is 11.0. The number of aryl methyl sites for hydroxylation is 2. The number of aromatic nitrogens is 5. The third-order valence-electron chi connectivity index (χ3n) is 5.89. The van der Waals surface area contributed by atoms with Crippen molar-refractivity contribution in [1.82, 2.24) is 23.9 Å². The predicted octanol–water partition coefficient (Wildman–Crippen LogP) is 4.42. The number of hydrogen-bond acceptors (Lipinski definition) is 4. The fourth-order valence-corrected chi connectivity index (χ4v) is 3.91. The summed E-state index contributed by atoms with van der Waals surface area (Å²) in [4.78, 5) is 25.5. The van der Waals surface area contributed by atoms with Crippen molar-refractivity contribution >= 4 is 11.4 Å². The van der Waals surface area contributed by atoms with Crippen LogP contribution in [0.25, 0.3) is 5.65 Å². The highest BCUT2D eigenvalue weighted by atomic mass is 16.1. The summed E-state index contributed by atoms with van der Waals surface area (Å²) in [7, 11) is 0. The Balaban J connectivity index is 1.34. The van der Waals surface area contributed by atoms with Crippen LogP contribution in [-0.2, 0) is 13.0 Å². The van der Waals surface area contributed by atoms with Gasteiger partial charge in [0.1, 0.15) is 5.69 Å². The molecule has 0 aliphatic carbocycles. The predicted molar refractivity (Wildman–Crippen MR) is 131 cm³/mol. The highest BCUT2D eigenvalue weighted by molar-refractivity contribution is 5.98. The normalized spacial score (nSPS) is 10.8. The molecule has 0 spiro atoms. The molecule has 3 aromatic heterocycles. The average molecular weight is 446 g/mol. The molecule has 0 aliphatic heterocycles. The summed E-state index contributed by atoms with van der Waals surface area (Å²) in [5.74, 6) is 6.47. The van der Waals surface area contributed by atoms with Crippen LogP contribution in [-0.4, -0.2) is 29.7 Å². The second kappa shape index (κ2) is 9.16. The van der Waals surface area contributed by atoms with Crippen LogP contribution in [0.1, 0.15) is 43.9 Å². The zero-order chi connectivity index (χ0) is 23.5. The molecule has 0 bridgehead atoms. The Morgan fingerprint density at radius 2 is 1.82 bits per heavy atom. The van der Waals surface area contributed by atoms with Gasteiger partial charge in [-0.25, -0.2) is 9.97 Å². The van der Waals surface area contributed by atoms with Crippen LogP contribution in [0.4, 0.5) is 0 Å². The Kier molecular flexibility index (Phi) is 5.75. The van der Waals surface area contributed by atoms with E-state index in [1.54, 1.807) is 31.1 Å². The van der Waals surface area contributed by atoms with E-state index in [9.17, 15) is 4.79 Å². The van der Waals surface area contributed by atoms with Crippen molar-refractivity contribution in [2.75, 3.05) is 0 Å². The van der Waals surface area contributed by atoms with Crippen LogP contribution in [0.15, 0.2) is 79.9 Å². The molecule has 5 aromatic rings. The van der Waals surface area contributed by atoms with Gasteiger partial charge >= 0.3 is 0 Å². The summed E-state index contributed by atoms with van der Waals surface area (Å²) in [6.07, 6.45) is 12.8. The molecule has 5 rings (SSSR count). The molecule has 0 atom stereocenters. The molecule has 0 saturated carbocycles. The van der Waals surface area contributed by atoms with Gasteiger partial charge in [0.25, 0.3) is 0 Å². The van der Waals surface area contributed by atoms with E-state index in [1.807, 2.05) is 52.6 Å². The summed E-state index contributed by atoms with van der Waals surface area (Å²) in [6, 6.07) is 11.9. The van der Waals surface area contributed by atoms with Crippen LogP contribution >= 0.6 is 0 Å². The highest BCUT2D eigenvalue weighted by Gasteiger charge is 2.10. The van der Waals surface area contributed by atoms with Crippen LogP contribution in [0.2, 0.25) is 0 Å². The number of Topliss-reactive ketones (excluding diaryl/α,β-unsaturated/α-hetero) is 1. The second-order valence-electron chi connectivity index (χ2n) is 8.32. The number of rotatable bonds is 5. The van der Waals surface area contributed by atoms with Crippen LogP contribution in [0, 0.1) is 25.7 Å². The lowest BCUT2D eigenvalue weighted by Gasteiger charge is -2.10. The number of nitrogens with zero attached hydrogens (tertiary/aromatic N) is 5. The van der Waals surface area contributed by atoms with Crippen molar-refractivity contribution in [3.63, 3.8) is 0 Å². The average Bonchev–Trinajstić information content (AvgIpc) is 3.50. The molecule has 2 aromatic carbocycles. The van der Waals surface area contributed by atoms with Crippen molar-refractivity contribution in [2.45, 2.75) is 26.8 Å². The van der Waals surface area contributed by atoms with Crippen molar-refractivity contribution in [2.24, 2.45) is 0 Å². The highest BCUT2D eigenvalue weighted by Crippen LogP contribution is 2.17. The van der Waals surface area contributed by atoms with Crippen LogP contribution in [0.3, 0.4) is 0 Å². The first-order valence-corrected chi connectivity index (χ1v) is 11.0. The number of hydrogen-bond donors (Lipinski definition) is 0. The van der Waals surface area contributed by atoms with E-state index in [2.05, 4.69) is 45.8 Å². The number of imidazole rings is 2. The number of ketones is 1. The molecule has 0 fully saturated rings. The summed E-state index contributed by atoms with van der Waals surface area (Å²) in [5.41, 5.74) is 7.43. The monoisotopic (exact) mass is 445 g/mol. The van der Waals surface area contributed by atoms with Crippen molar-refractivity contribution < 1.29 is 4.79 Å². The van der Waals surface area contributed by atoms with Gasteiger partial charge in [0.2, 0.25) is 0 Å². The maximum absolute atomic E-state index is 13.1. The lowest BCUT2D eigenvalue weighted by atomic mass is 9.97. The second-order valence-corrected chi connectivity index (χ2v) is 8.32. The molecule has 34 heavy (non-hydrogen) atoms.